The number of nitrogens with two attached hydrogens (primary N) is 1. The topological polar surface area (TPSA) is 84.6 Å². The maximum atomic E-state index is 12.1. The first-order valence-corrected chi connectivity index (χ1v) is 7.01. The first-order chi connectivity index (χ1) is 9.65. The highest BCUT2D eigenvalue weighted by Gasteiger charge is 2.26. The van der Waals surface area contributed by atoms with Crippen LogP contribution in [0.2, 0.25) is 0 Å². The summed E-state index contributed by atoms with van der Waals surface area (Å²) in [6.07, 6.45) is 3.42. The molecule has 4 N–H and O–H groups in total. The Labute approximate surface area is 119 Å². The van der Waals surface area contributed by atoms with Gasteiger partial charge in [-0.3, -0.25) is 4.79 Å². The van der Waals surface area contributed by atoms with Gasteiger partial charge in [-0.05, 0) is 49.4 Å². The van der Waals surface area contributed by atoms with Crippen molar-refractivity contribution in [1.29, 1.82) is 0 Å². The van der Waals surface area contributed by atoms with Crippen LogP contribution in [0.1, 0.15) is 29.6 Å². The summed E-state index contributed by atoms with van der Waals surface area (Å²) < 4.78 is 5.06. The summed E-state index contributed by atoms with van der Waals surface area (Å²) in [5.74, 6) is 1.17. The van der Waals surface area contributed by atoms with E-state index in [9.17, 15) is 9.90 Å². The van der Waals surface area contributed by atoms with E-state index in [1.54, 1.807) is 12.1 Å². The lowest BCUT2D eigenvalue weighted by Gasteiger charge is -2.18. The highest BCUT2D eigenvalue weighted by atomic mass is 16.5. The molecule has 0 saturated heterocycles. The third-order valence-corrected chi connectivity index (χ3v) is 4.09. The molecule has 5 heteroatoms. The van der Waals surface area contributed by atoms with E-state index >= 15 is 0 Å². The zero-order chi connectivity index (χ0) is 14.5. The Morgan fingerprint density at radius 2 is 2.20 bits per heavy atom. The molecule has 0 bridgehead atoms. The highest BCUT2D eigenvalue weighted by molar-refractivity contribution is 5.97. The van der Waals surface area contributed by atoms with Gasteiger partial charge in [0.05, 0.1) is 12.7 Å². The molecule has 2 unspecified atom stereocenters. The van der Waals surface area contributed by atoms with Gasteiger partial charge in [-0.2, -0.15) is 0 Å². The van der Waals surface area contributed by atoms with Gasteiger partial charge in [0.2, 0.25) is 0 Å². The van der Waals surface area contributed by atoms with Crippen molar-refractivity contribution in [2.45, 2.75) is 19.3 Å². The van der Waals surface area contributed by atoms with E-state index in [1.165, 1.54) is 19.6 Å². The molecule has 1 aromatic rings. The quantitative estimate of drug-likeness (QED) is 0.762. The third kappa shape index (κ3) is 3.22. The monoisotopic (exact) mass is 278 g/mol. The molecule has 110 valence electrons. The number of aromatic hydroxyl groups is 1. The minimum absolute atomic E-state index is 0.0369. The van der Waals surface area contributed by atoms with Crippen LogP contribution in [-0.4, -0.2) is 31.2 Å². The van der Waals surface area contributed by atoms with Crippen molar-refractivity contribution in [2.75, 3.05) is 20.2 Å². The fraction of sp³-hybridized carbons (Fsp3) is 0.533. The number of methoxy groups -OCH3 is 1. The van der Waals surface area contributed by atoms with Crippen molar-refractivity contribution < 1.29 is 14.6 Å². The summed E-state index contributed by atoms with van der Waals surface area (Å²) in [6.45, 7) is 1.28. The number of hydrogen-bond donors (Lipinski definition) is 3. The lowest BCUT2D eigenvalue weighted by atomic mass is 9.96. The minimum Gasteiger partial charge on any atom is -0.507 e. The molecule has 2 atom stereocenters. The van der Waals surface area contributed by atoms with Crippen LogP contribution in [0.3, 0.4) is 0 Å². The van der Waals surface area contributed by atoms with E-state index in [1.807, 2.05) is 0 Å². The molecule has 1 aromatic carbocycles. The lowest BCUT2D eigenvalue weighted by molar-refractivity contribution is 0.0941. The van der Waals surface area contributed by atoms with E-state index < -0.39 is 0 Å². The van der Waals surface area contributed by atoms with Gasteiger partial charge in [-0.1, -0.05) is 6.42 Å². The predicted octanol–water partition coefficient (Wildman–Crippen LogP) is 1.51. The molecule has 1 aliphatic carbocycles. The van der Waals surface area contributed by atoms with Gasteiger partial charge in [0.1, 0.15) is 11.5 Å². The second kappa shape index (κ2) is 6.61. The number of benzene rings is 1. The van der Waals surface area contributed by atoms with Crippen molar-refractivity contribution >= 4 is 5.91 Å². The number of hydrogen-bond acceptors (Lipinski definition) is 4. The summed E-state index contributed by atoms with van der Waals surface area (Å²) >= 11 is 0. The van der Waals surface area contributed by atoms with E-state index in [-0.39, 0.29) is 17.2 Å². The van der Waals surface area contributed by atoms with Crippen LogP contribution >= 0.6 is 0 Å². The van der Waals surface area contributed by atoms with Gasteiger partial charge in [-0.25, -0.2) is 0 Å². The fourth-order valence-electron chi connectivity index (χ4n) is 2.84. The molecule has 20 heavy (non-hydrogen) atoms. The number of amides is 1. The minimum atomic E-state index is -0.274. The molecule has 0 spiro atoms. The van der Waals surface area contributed by atoms with E-state index in [4.69, 9.17) is 10.5 Å². The van der Waals surface area contributed by atoms with Crippen LogP contribution in [0.5, 0.6) is 11.5 Å². The van der Waals surface area contributed by atoms with Crippen LogP contribution in [0.25, 0.3) is 0 Å². The Morgan fingerprint density at radius 1 is 1.45 bits per heavy atom. The van der Waals surface area contributed by atoms with Gasteiger partial charge in [0.15, 0.2) is 0 Å². The molecule has 0 radical (unpaired) electrons. The number of phenols is 1. The average Bonchev–Trinajstić information content (AvgIpc) is 2.92. The standard InChI is InChI=1S/C15H22N2O3/c1-20-12-5-6-14(18)13(7-12)15(19)17-9-11-4-2-3-10(11)8-16/h5-7,10-11,18H,2-4,8-9,16H2,1H3,(H,17,19). The second-order valence-electron chi connectivity index (χ2n) is 5.28. The largest absolute Gasteiger partial charge is 0.507 e. The predicted molar refractivity (Wildman–Crippen MR) is 76.9 cm³/mol. The summed E-state index contributed by atoms with van der Waals surface area (Å²) in [7, 11) is 1.53. The zero-order valence-corrected chi connectivity index (χ0v) is 11.8. The summed E-state index contributed by atoms with van der Waals surface area (Å²) in [6, 6.07) is 4.62. The Hall–Kier alpha value is -1.75. The van der Waals surface area contributed by atoms with Crippen molar-refractivity contribution in [3.63, 3.8) is 0 Å². The van der Waals surface area contributed by atoms with Crippen molar-refractivity contribution in [3.05, 3.63) is 23.8 Å². The SMILES string of the molecule is COc1ccc(O)c(C(=O)NCC2CCCC2CN)c1. The molecular weight excluding hydrogens is 256 g/mol. The van der Waals surface area contributed by atoms with Gasteiger partial charge in [0, 0.05) is 6.54 Å². The molecule has 1 amide bonds. The van der Waals surface area contributed by atoms with Gasteiger partial charge >= 0.3 is 0 Å². The van der Waals surface area contributed by atoms with E-state index in [2.05, 4.69) is 5.32 Å². The Balaban J connectivity index is 1.98. The highest BCUT2D eigenvalue weighted by Crippen LogP contribution is 2.30. The molecule has 0 aromatic heterocycles. The molecule has 1 aliphatic rings. The van der Waals surface area contributed by atoms with Crippen LogP contribution < -0.4 is 15.8 Å². The Bertz CT molecular complexity index is 476. The fourth-order valence-corrected chi connectivity index (χ4v) is 2.84. The smallest absolute Gasteiger partial charge is 0.255 e. The van der Waals surface area contributed by atoms with Crippen LogP contribution in [0.4, 0.5) is 0 Å². The molecule has 0 heterocycles. The molecule has 5 nitrogen and oxygen atoms in total. The van der Waals surface area contributed by atoms with Gasteiger partial charge in [-0.15, -0.1) is 0 Å². The number of rotatable bonds is 5. The van der Waals surface area contributed by atoms with Crippen LogP contribution in [0, 0.1) is 11.8 Å². The molecule has 1 fully saturated rings. The average molecular weight is 278 g/mol. The van der Waals surface area contributed by atoms with Crippen molar-refractivity contribution in [2.24, 2.45) is 17.6 Å². The Kier molecular flexibility index (Phi) is 4.84. The van der Waals surface area contributed by atoms with Gasteiger partial charge < -0.3 is 20.9 Å². The summed E-state index contributed by atoms with van der Waals surface area (Å²) in [5, 5.41) is 12.6. The van der Waals surface area contributed by atoms with E-state index in [0.717, 1.165) is 12.8 Å². The van der Waals surface area contributed by atoms with Crippen LogP contribution in [-0.2, 0) is 0 Å². The zero-order valence-electron chi connectivity index (χ0n) is 11.8. The normalized spacial score (nSPS) is 21.7. The maximum absolute atomic E-state index is 12.1. The first-order valence-electron chi connectivity index (χ1n) is 7.01. The second-order valence-corrected chi connectivity index (χ2v) is 5.28. The maximum Gasteiger partial charge on any atom is 0.255 e. The van der Waals surface area contributed by atoms with Crippen molar-refractivity contribution in [1.82, 2.24) is 5.32 Å². The van der Waals surface area contributed by atoms with Crippen LogP contribution in [0.15, 0.2) is 18.2 Å². The number of nitrogens with one attached hydrogen (secondary N) is 1. The molecular formula is C15H22N2O3. The van der Waals surface area contributed by atoms with Gasteiger partial charge in [0.25, 0.3) is 5.91 Å². The Morgan fingerprint density at radius 3 is 2.90 bits per heavy atom. The lowest BCUT2D eigenvalue weighted by Crippen LogP contribution is -2.32. The van der Waals surface area contributed by atoms with E-state index in [0.29, 0.717) is 30.7 Å². The number of carbonyl (C=O) groups excluding carboxylic acids is 1. The molecule has 1 saturated carbocycles. The molecule has 0 aliphatic heterocycles. The molecule has 2 rings (SSSR count). The first kappa shape index (κ1) is 14.7. The third-order valence-electron chi connectivity index (χ3n) is 4.09. The number of phenolic OH excluding ortho intramolecular Hbond substituents is 1. The number of ether oxygens (including phenoxy) is 1. The summed E-state index contributed by atoms with van der Waals surface area (Å²) in [4.78, 5) is 12.1. The number of carbonyl (C=O) groups is 1. The van der Waals surface area contributed by atoms with Crippen molar-refractivity contribution in [3.8, 4) is 11.5 Å². The summed E-state index contributed by atoms with van der Waals surface area (Å²) in [5.41, 5.74) is 5.98.